The van der Waals surface area contributed by atoms with E-state index in [0.717, 1.165) is 51.0 Å². The molecule has 0 saturated carbocycles. The van der Waals surface area contributed by atoms with Crippen molar-refractivity contribution in [1.82, 2.24) is 45.0 Å². The molecule has 17 nitrogen and oxygen atoms in total. The number of aromatic nitrogens is 3. The van der Waals surface area contributed by atoms with Gasteiger partial charge in [-0.3, -0.25) is 24.5 Å². The summed E-state index contributed by atoms with van der Waals surface area (Å²) < 4.78 is 39.9. The second-order valence-corrected chi connectivity index (χ2v) is 23.6. The molecule has 1 unspecified atom stereocenters. The van der Waals surface area contributed by atoms with Crippen LogP contribution >= 0.6 is 11.3 Å². The van der Waals surface area contributed by atoms with Crippen LogP contribution in [0.1, 0.15) is 76.8 Å². The molecule has 0 radical (unpaired) electrons. The second kappa shape index (κ2) is 19.2. The zero-order valence-corrected chi connectivity index (χ0v) is 42.5. The largest absolute Gasteiger partial charge is 0.378 e. The number of ether oxygens (including phenoxy) is 2. The highest BCUT2D eigenvalue weighted by Gasteiger charge is 2.54. The van der Waals surface area contributed by atoms with Gasteiger partial charge >= 0.3 is 6.03 Å². The summed E-state index contributed by atoms with van der Waals surface area (Å²) in [5.41, 5.74) is 7.67. The quantitative estimate of drug-likeness (QED) is 0.220. The van der Waals surface area contributed by atoms with Crippen molar-refractivity contribution < 1.29 is 37.1 Å². The molecule has 4 aliphatic rings. The number of aldehydes is 1. The molecule has 368 valence electrons. The number of carbonyl (C=O) groups excluding carboxylic acids is 4. The molecule has 2 N–H and O–H groups in total. The van der Waals surface area contributed by atoms with E-state index >= 15 is 0 Å². The molecule has 3 fully saturated rings. The highest BCUT2D eigenvalue weighted by atomic mass is 32.2. The lowest BCUT2D eigenvalue weighted by Crippen LogP contribution is -2.76. The zero-order valence-electron chi connectivity index (χ0n) is 40.8. The van der Waals surface area contributed by atoms with Crippen molar-refractivity contribution >= 4 is 56.2 Å². The topological polar surface area (TPSA) is 189 Å². The number of hydrogen-bond donors (Lipinski definition) is 2. The van der Waals surface area contributed by atoms with Gasteiger partial charge in [0.05, 0.1) is 58.5 Å². The average molecular weight is 974 g/mol. The number of urea groups is 1. The maximum Gasteiger partial charge on any atom is 0.320 e. The number of fused-ring (bicyclic) bond motifs is 6. The third kappa shape index (κ3) is 9.58. The van der Waals surface area contributed by atoms with Crippen LogP contribution in [0, 0.1) is 11.3 Å². The molecule has 6 bridgehead atoms. The van der Waals surface area contributed by atoms with E-state index in [9.17, 15) is 27.6 Å². The molecule has 1 aromatic carbocycles. The van der Waals surface area contributed by atoms with Gasteiger partial charge in [-0.05, 0) is 81.3 Å². The number of hydrogen-bond acceptors (Lipinski definition) is 13. The predicted molar refractivity (Wildman–Crippen MR) is 262 cm³/mol. The van der Waals surface area contributed by atoms with E-state index in [1.807, 2.05) is 44.2 Å². The number of hydrazine groups is 1. The van der Waals surface area contributed by atoms with E-state index in [0.29, 0.717) is 50.5 Å². The Kier molecular flexibility index (Phi) is 14.0. The summed E-state index contributed by atoms with van der Waals surface area (Å²) in [6.45, 7) is 14.3. The van der Waals surface area contributed by atoms with E-state index in [1.54, 1.807) is 25.3 Å². The normalized spacial score (nSPS) is 23.7. The number of carbonyl (C=O) groups is 4. The number of pyridine rings is 1. The Morgan fingerprint density at radius 1 is 1.15 bits per heavy atom. The number of rotatable bonds is 9. The minimum atomic E-state index is -3.25. The molecule has 8 rings (SSSR count). The first kappa shape index (κ1) is 49.6. The van der Waals surface area contributed by atoms with Crippen molar-refractivity contribution in [1.29, 1.82) is 0 Å². The first-order chi connectivity index (χ1) is 32.2. The summed E-state index contributed by atoms with van der Waals surface area (Å²) in [7, 11) is 1.89. The molecular weight excluding hydrogens is 907 g/mol. The summed E-state index contributed by atoms with van der Waals surface area (Å²) in [5, 5.41) is 8.11. The molecule has 4 aliphatic heterocycles. The van der Waals surface area contributed by atoms with Gasteiger partial charge in [-0.1, -0.05) is 33.8 Å². The van der Waals surface area contributed by atoms with Gasteiger partial charge in [-0.25, -0.2) is 23.6 Å². The second-order valence-electron chi connectivity index (χ2n) is 20.5. The van der Waals surface area contributed by atoms with Crippen LogP contribution in [0.4, 0.5) is 4.79 Å². The number of sulfone groups is 1. The van der Waals surface area contributed by atoms with Gasteiger partial charge in [0.25, 0.3) is 5.91 Å². The number of likely N-dealkylation sites (tertiary alicyclic amines) is 1. The lowest BCUT2D eigenvalue weighted by atomic mass is 9.84. The number of thiazole rings is 1. The maximum atomic E-state index is 14.8. The van der Waals surface area contributed by atoms with Crippen LogP contribution in [-0.2, 0) is 53.1 Å². The highest BCUT2D eigenvalue weighted by Crippen LogP contribution is 2.42. The van der Waals surface area contributed by atoms with Crippen molar-refractivity contribution in [3.05, 3.63) is 58.2 Å². The molecule has 68 heavy (non-hydrogen) atoms. The third-order valence-electron chi connectivity index (χ3n) is 14.4. The maximum absolute atomic E-state index is 14.8. The molecule has 7 heterocycles. The number of benzene rings is 1. The highest BCUT2D eigenvalue weighted by molar-refractivity contribution is 7.91. The fourth-order valence-corrected chi connectivity index (χ4v) is 13.4. The molecular formula is C49H67N9O8S2. The molecule has 4 amide bonds. The monoisotopic (exact) mass is 973 g/mol. The average Bonchev–Trinajstić information content (AvgIpc) is 3.89. The predicted octanol–water partition coefficient (Wildman–Crippen LogP) is 4.74. The Morgan fingerprint density at radius 2 is 1.91 bits per heavy atom. The SMILES string of the molecule is CCn1c(-c2cccnc2[C@H](C)OC)c2c3cc(ccc31)-c1csc(n1)C[C@H](NC(=O)[C@H](C(C)C)N(C)C(=O)N1CC3(C1)CS(=O)(=O)CCN3C)C(=O)N1CCCC(C=O)(COCC(C)(C)C2)N1. The minimum Gasteiger partial charge on any atom is -0.378 e. The third-order valence-corrected chi connectivity index (χ3v) is 17.1. The van der Waals surface area contributed by atoms with Crippen LogP contribution in [0.2, 0.25) is 0 Å². The van der Waals surface area contributed by atoms with Crippen LogP contribution in [0.15, 0.2) is 41.9 Å². The summed E-state index contributed by atoms with van der Waals surface area (Å²) in [4.78, 5) is 71.4. The fraction of sp³-hybridized carbons (Fsp3) is 0.592. The van der Waals surface area contributed by atoms with E-state index < -0.39 is 56.3 Å². The standard InChI is InChI=1S/C49H67N9O8S2/c1-10-57-39-15-14-33-21-35(39)36(43(57)34-13-11-17-50-41(34)32(4)65-9)23-47(5,6)28-66-29-48(27-59)16-12-18-58(53-48)45(61)37(22-40-51-38(33)24-67-40)52-44(60)42(31(2)3)55(8)46(62)56-25-49(26-56)30-68(63,64)20-19-54(49)7/h11,13-15,17,21,24,27,31-32,37,42,53H,10,12,16,18-20,22-23,25-26,28-30H2,1-9H3,(H,52,60)/t32-,37-,42-,48?/m0/s1. The molecule has 4 aromatic rings. The number of methoxy groups -OCH3 is 1. The van der Waals surface area contributed by atoms with Crippen LogP contribution in [0.25, 0.3) is 33.4 Å². The molecule has 3 saturated heterocycles. The van der Waals surface area contributed by atoms with Gasteiger partial charge < -0.3 is 34.0 Å². The first-order valence-corrected chi connectivity index (χ1v) is 26.4. The smallest absolute Gasteiger partial charge is 0.320 e. The number of aryl methyl sites for hydroxylation is 1. The summed E-state index contributed by atoms with van der Waals surface area (Å²) in [6, 6.07) is 7.97. The molecule has 19 heteroatoms. The lowest BCUT2D eigenvalue weighted by molar-refractivity contribution is -0.147. The van der Waals surface area contributed by atoms with Crippen LogP contribution in [0.3, 0.4) is 0 Å². The number of amides is 4. The summed E-state index contributed by atoms with van der Waals surface area (Å²) >= 11 is 1.40. The van der Waals surface area contributed by atoms with Crippen molar-refractivity contribution in [3.8, 4) is 22.5 Å². The van der Waals surface area contributed by atoms with Crippen molar-refractivity contribution in [3.63, 3.8) is 0 Å². The Hall–Kier alpha value is -4.79. The van der Waals surface area contributed by atoms with Gasteiger partial charge in [0.15, 0.2) is 9.84 Å². The van der Waals surface area contributed by atoms with Gasteiger partial charge in [0, 0.05) is 86.9 Å². The summed E-state index contributed by atoms with van der Waals surface area (Å²) in [5.74, 6) is -1.25. The molecule has 3 aromatic heterocycles. The molecule has 1 spiro atoms. The van der Waals surface area contributed by atoms with Crippen LogP contribution in [0.5, 0.6) is 0 Å². The van der Waals surface area contributed by atoms with Gasteiger partial charge in [-0.2, -0.15) is 0 Å². The van der Waals surface area contributed by atoms with Crippen molar-refractivity contribution in [2.24, 2.45) is 11.3 Å². The van der Waals surface area contributed by atoms with Crippen molar-refractivity contribution in [2.75, 3.05) is 72.1 Å². The Labute approximate surface area is 403 Å². The molecule has 0 aliphatic carbocycles. The van der Waals surface area contributed by atoms with Crippen LogP contribution in [-0.4, -0.2) is 162 Å². The van der Waals surface area contributed by atoms with Crippen LogP contribution < -0.4 is 10.7 Å². The fourth-order valence-electron chi connectivity index (χ4n) is 10.7. The number of likely N-dealkylation sites (N-methyl/N-ethyl adjacent to an activating group) is 2. The van der Waals surface area contributed by atoms with E-state index in [-0.39, 0.29) is 49.6 Å². The van der Waals surface area contributed by atoms with Gasteiger partial charge in [0.2, 0.25) is 5.91 Å². The number of nitrogens with zero attached hydrogens (tertiary/aromatic N) is 7. The Balaban J connectivity index is 1.15. The first-order valence-electron chi connectivity index (χ1n) is 23.7. The van der Waals surface area contributed by atoms with Gasteiger partial charge in [0.1, 0.15) is 23.9 Å². The minimum absolute atomic E-state index is 0.0181. The summed E-state index contributed by atoms with van der Waals surface area (Å²) in [6.07, 6.45) is 4.01. The van der Waals surface area contributed by atoms with Crippen molar-refractivity contribution in [2.45, 2.75) is 103 Å². The van der Waals surface area contributed by atoms with E-state index in [1.165, 1.54) is 21.2 Å². The van der Waals surface area contributed by atoms with Gasteiger partial charge in [-0.15, -0.1) is 11.3 Å². The zero-order chi connectivity index (χ0) is 48.9. The number of nitrogens with one attached hydrogen (secondary N) is 2. The Bertz CT molecular complexity index is 2680. The van der Waals surface area contributed by atoms with E-state index in [4.69, 9.17) is 19.4 Å². The Morgan fingerprint density at radius 3 is 2.62 bits per heavy atom. The van der Waals surface area contributed by atoms with E-state index in [2.05, 4.69) is 60.3 Å². The lowest BCUT2D eigenvalue weighted by Gasteiger charge is -2.57. The molecule has 4 atom stereocenters.